The first-order valence-corrected chi connectivity index (χ1v) is 6.98. The van der Waals surface area contributed by atoms with Gasteiger partial charge in [-0.25, -0.2) is 9.59 Å². The third kappa shape index (κ3) is 10.4. The molecule has 5 heteroatoms. The van der Waals surface area contributed by atoms with Crippen molar-refractivity contribution in [3.8, 4) is 0 Å². The number of esters is 1. The number of nitrogens with one attached hydrogen (secondary N) is 1. The molecule has 0 saturated carbocycles. The molecule has 0 aliphatic heterocycles. The first kappa shape index (κ1) is 18.5. The Morgan fingerprint density at radius 1 is 1.25 bits per heavy atom. The first-order chi connectivity index (χ1) is 9.14. The van der Waals surface area contributed by atoms with Crippen LogP contribution in [0.2, 0.25) is 0 Å². The predicted octanol–water partition coefficient (Wildman–Crippen LogP) is 3.05. The number of ether oxygens (including phenoxy) is 2. The van der Waals surface area contributed by atoms with E-state index in [1.807, 2.05) is 13.8 Å². The quantitative estimate of drug-likeness (QED) is 0.602. The van der Waals surface area contributed by atoms with E-state index in [4.69, 9.17) is 9.47 Å². The SMILES string of the molecule is CCOC(=O)C=C[C@H](CC(C)C)NC(=O)OC(C)(C)C. The highest BCUT2D eigenvalue weighted by atomic mass is 16.6. The molecule has 0 heterocycles. The van der Waals surface area contributed by atoms with Gasteiger partial charge in [0.15, 0.2) is 0 Å². The van der Waals surface area contributed by atoms with Crippen LogP contribution in [0.5, 0.6) is 0 Å². The minimum absolute atomic E-state index is 0.255. The lowest BCUT2D eigenvalue weighted by Crippen LogP contribution is -2.38. The molecule has 116 valence electrons. The number of alkyl carbamates (subject to hydrolysis) is 1. The van der Waals surface area contributed by atoms with Gasteiger partial charge in [0.2, 0.25) is 0 Å². The Labute approximate surface area is 121 Å². The van der Waals surface area contributed by atoms with Gasteiger partial charge in [0.1, 0.15) is 5.60 Å². The van der Waals surface area contributed by atoms with Gasteiger partial charge in [-0.05, 0) is 40.0 Å². The van der Waals surface area contributed by atoms with E-state index in [2.05, 4.69) is 5.32 Å². The average Bonchev–Trinajstić information content (AvgIpc) is 2.22. The highest BCUT2D eigenvalue weighted by Crippen LogP contribution is 2.10. The van der Waals surface area contributed by atoms with E-state index < -0.39 is 17.7 Å². The molecule has 0 aliphatic carbocycles. The summed E-state index contributed by atoms with van der Waals surface area (Å²) >= 11 is 0. The minimum Gasteiger partial charge on any atom is -0.463 e. The van der Waals surface area contributed by atoms with Crippen LogP contribution in [0.25, 0.3) is 0 Å². The maximum absolute atomic E-state index is 11.7. The van der Waals surface area contributed by atoms with Gasteiger partial charge in [0, 0.05) is 6.08 Å². The number of amides is 1. The Morgan fingerprint density at radius 3 is 2.30 bits per heavy atom. The van der Waals surface area contributed by atoms with Crippen molar-refractivity contribution >= 4 is 12.1 Å². The molecule has 0 spiro atoms. The molecule has 0 radical (unpaired) electrons. The van der Waals surface area contributed by atoms with Crippen molar-refractivity contribution < 1.29 is 19.1 Å². The largest absolute Gasteiger partial charge is 0.463 e. The number of carbonyl (C=O) groups is 2. The number of carbonyl (C=O) groups excluding carboxylic acids is 2. The van der Waals surface area contributed by atoms with Gasteiger partial charge in [-0.1, -0.05) is 19.9 Å². The number of hydrogen-bond acceptors (Lipinski definition) is 4. The van der Waals surface area contributed by atoms with Crippen LogP contribution in [-0.4, -0.2) is 30.3 Å². The first-order valence-electron chi connectivity index (χ1n) is 6.98. The van der Waals surface area contributed by atoms with Crippen molar-refractivity contribution in [1.29, 1.82) is 0 Å². The van der Waals surface area contributed by atoms with Gasteiger partial charge >= 0.3 is 12.1 Å². The summed E-state index contributed by atoms with van der Waals surface area (Å²) in [7, 11) is 0. The molecule has 0 fully saturated rings. The smallest absolute Gasteiger partial charge is 0.408 e. The zero-order chi connectivity index (χ0) is 15.8. The molecule has 1 N–H and O–H groups in total. The topological polar surface area (TPSA) is 64.6 Å². The Bertz CT molecular complexity index is 342. The maximum atomic E-state index is 11.7. The molecule has 0 aliphatic rings. The van der Waals surface area contributed by atoms with E-state index in [1.165, 1.54) is 6.08 Å². The molecule has 1 atom stereocenters. The molecule has 0 rings (SSSR count). The van der Waals surface area contributed by atoms with Crippen molar-refractivity contribution in [3.63, 3.8) is 0 Å². The lowest BCUT2D eigenvalue weighted by Gasteiger charge is -2.23. The lowest BCUT2D eigenvalue weighted by molar-refractivity contribution is -0.137. The second-order valence-corrected chi connectivity index (χ2v) is 5.99. The fourth-order valence-electron chi connectivity index (χ4n) is 1.54. The molecule has 0 aromatic rings. The van der Waals surface area contributed by atoms with Gasteiger partial charge in [-0.15, -0.1) is 0 Å². The molecule has 20 heavy (non-hydrogen) atoms. The van der Waals surface area contributed by atoms with Gasteiger partial charge in [-0.3, -0.25) is 0 Å². The zero-order valence-corrected chi connectivity index (χ0v) is 13.4. The van der Waals surface area contributed by atoms with Gasteiger partial charge in [0.25, 0.3) is 0 Å². The predicted molar refractivity (Wildman–Crippen MR) is 78.4 cm³/mol. The van der Waals surface area contributed by atoms with Crippen LogP contribution >= 0.6 is 0 Å². The highest BCUT2D eigenvalue weighted by Gasteiger charge is 2.19. The van der Waals surface area contributed by atoms with E-state index in [9.17, 15) is 9.59 Å². The van der Waals surface area contributed by atoms with E-state index in [0.717, 1.165) is 6.42 Å². The molecule has 0 aromatic heterocycles. The molecule has 0 unspecified atom stereocenters. The van der Waals surface area contributed by atoms with E-state index >= 15 is 0 Å². The van der Waals surface area contributed by atoms with E-state index in [1.54, 1.807) is 33.8 Å². The monoisotopic (exact) mass is 285 g/mol. The molecule has 0 aromatic carbocycles. The average molecular weight is 285 g/mol. The summed E-state index contributed by atoms with van der Waals surface area (Å²) in [6, 6.07) is -0.255. The van der Waals surface area contributed by atoms with Crippen molar-refractivity contribution in [2.75, 3.05) is 6.61 Å². The lowest BCUT2D eigenvalue weighted by atomic mass is 10.0. The summed E-state index contributed by atoms with van der Waals surface area (Å²) in [5, 5.41) is 2.75. The standard InChI is InChI=1S/C15H27NO4/c1-7-19-13(17)9-8-12(10-11(2)3)16-14(18)20-15(4,5)6/h8-9,11-12H,7,10H2,1-6H3,(H,16,18)/t12-/m1/s1. The van der Waals surface area contributed by atoms with Crippen LogP contribution in [0, 0.1) is 5.92 Å². The van der Waals surface area contributed by atoms with Crippen LogP contribution in [0.15, 0.2) is 12.2 Å². The van der Waals surface area contributed by atoms with Crippen molar-refractivity contribution in [2.45, 2.75) is 59.6 Å². The Morgan fingerprint density at radius 2 is 1.85 bits per heavy atom. The Balaban J connectivity index is 4.56. The van der Waals surface area contributed by atoms with Crippen molar-refractivity contribution in [3.05, 3.63) is 12.2 Å². The fourth-order valence-corrected chi connectivity index (χ4v) is 1.54. The molecular formula is C15H27NO4. The van der Waals surface area contributed by atoms with Crippen LogP contribution < -0.4 is 5.32 Å². The molecular weight excluding hydrogens is 258 g/mol. The van der Waals surface area contributed by atoms with Crippen LogP contribution in [0.1, 0.15) is 48.0 Å². The zero-order valence-electron chi connectivity index (χ0n) is 13.4. The molecule has 0 saturated heterocycles. The van der Waals surface area contributed by atoms with Crippen LogP contribution in [0.4, 0.5) is 4.79 Å². The second kappa shape index (κ2) is 8.61. The van der Waals surface area contributed by atoms with Gasteiger partial charge in [-0.2, -0.15) is 0 Å². The highest BCUT2D eigenvalue weighted by molar-refractivity contribution is 5.82. The van der Waals surface area contributed by atoms with Crippen molar-refractivity contribution in [1.82, 2.24) is 5.32 Å². The third-order valence-electron chi connectivity index (χ3n) is 2.18. The summed E-state index contributed by atoms with van der Waals surface area (Å²) in [5.74, 6) is -0.0333. The summed E-state index contributed by atoms with van der Waals surface area (Å²) in [6.07, 6.45) is 3.21. The summed E-state index contributed by atoms with van der Waals surface area (Å²) in [6.45, 7) is 11.6. The molecule has 1 amide bonds. The number of rotatable bonds is 6. The number of hydrogen-bond donors (Lipinski definition) is 1. The van der Waals surface area contributed by atoms with Crippen LogP contribution in [-0.2, 0) is 14.3 Å². The van der Waals surface area contributed by atoms with Crippen molar-refractivity contribution in [2.24, 2.45) is 5.92 Å². The normalized spacial score (nSPS) is 13.3. The fraction of sp³-hybridized carbons (Fsp3) is 0.733. The summed E-state index contributed by atoms with van der Waals surface area (Å²) in [5.41, 5.74) is -0.544. The minimum atomic E-state index is -0.544. The molecule has 0 bridgehead atoms. The summed E-state index contributed by atoms with van der Waals surface area (Å²) < 4.78 is 10.0. The Hall–Kier alpha value is -1.52. The van der Waals surface area contributed by atoms with E-state index in [-0.39, 0.29) is 6.04 Å². The van der Waals surface area contributed by atoms with Gasteiger partial charge < -0.3 is 14.8 Å². The Kier molecular flexibility index (Phi) is 7.96. The van der Waals surface area contributed by atoms with E-state index in [0.29, 0.717) is 12.5 Å². The third-order valence-corrected chi connectivity index (χ3v) is 2.18. The maximum Gasteiger partial charge on any atom is 0.408 e. The van der Waals surface area contributed by atoms with Crippen LogP contribution in [0.3, 0.4) is 0 Å². The van der Waals surface area contributed by atoms with Gasteiger partial charge in [0.05, 0.1) is 12.6 Å². The molecule has 5 nitrogen and oxygen atoms in total. The second-order valence-electron chi connectivity index (χ2n) is 5.99. The summed E-state index contributed by atoms with van der Waals surface area (Å²) in [4.78, 5) is 23.0.